The smallest absolute Gasteiger partial charge is 0.119 e. The van der Waals surface area contributed by atoms with Crippen molar-refractivity contribution in [1.82, 2.24) is 0 Å². The van der Waals surface area contributed by atoms with Crippen LogP contribution in [0.4, 0.5) is 0 Å². The molecule has 0 saturated carbocycles. The number of rotatable bonds is 8. The molecule has 0 saturated heterocycles. The van der Waals surface area contributed by atoms with Crippen molar-refractivity contribution in [2.45, 2.75) is 32.3 Å². The molecule has 1 rings (SSSR count). The van der Waals surface area contributed by atoms with E-state index < -0.39 is 6.10 Å². The van der Waals surface area contributed by atoms with Crippen LogP contribution in [-0.2, 0) is 0 Å². The molecule has 0 amide bonds. The molecule has 0 aliphatic carbocycles. The standard InChI is InChI=1S/C13H19N3O2/c1-2-10-18-12-7-5-11(6-8-12)13(17)4-3-9-15-16-14/h5-8,13,17H,2-4,9-10H2,1H3. The van der Waals surface area contributed by atoms with E-state index in [1.165, 1.54) is 0 Å². The third kappa shape index (κ3) is 5.08. The van der Waals surface area contributed by atoms with E-state index in [4.69, 9.17) is 10.3 Å². The molecular weight excluding hydrogens is 230 g/mol. The zero-order valence-corrected chi connectivity index (χ0v) is 10.6. The summed E-state index contributed by atoms with van der Waals surface area (Å²) in [5.74, 6) is 0.821. The first-order chi connectivity index (χ1) is 8.77. The van der Waals surface area contributed by atoms with E-state index in [0.29, 0.717) is 26.0 Å². The maximum absolute atomic E-state index is 9.91. The van der Waals surface area contributed by atoms with Crippen molar-refractivity contribution in [2.75, 3.05) is 13.2 Å². The predicted molar refractivity (Wildman–Crippen MR) is 70.4 cm³/mol. The van der Waals surface area contributed by atoms with E-state index in [-0.39, 0.29) is 0 Å². The van der Waals surface area contributed by atoms with Gasteiger partial charge in [0.25, 0.3) is 0 Å². The van der Waals surface area contributed by atoms with Crippen molar-refractivity contribution in [2.24, 2.45) is 5.11 Å². The largest absolute Gasteiger partial charge is 0.494 e. The van der Waals surface area contributed by atoms with Gasteiger partial charge in [-0.1, -0.05) is 24.2 Å². The lowest BCUT2D eigenvalue weighted by atomic mass is 10.1. The van der Waals surface area contributed by atoms with Gasteiger partial charge in [0.05, 0.1) is 12.7 Å². The van der Waals surface area contributed by atoms with Gasteiger partial charge in [-0.3, -0.25) is 0 Å². The fraction of sp³-hybridized carbons (Fsp3) is 0.538. The van der Waals surface area contributed by atoms with Crippen molar-refractivity contribution in [1.29, 1.82) is 0 Å². The Labute approximate surface area is 107 Å². The van der Waals surface area contributed by atoms with Crippen LogP contribution in [0, 0.1) is 0 Å². The first kappa shape index (κ1) is 14.4. The van der Waals surface area contributed by atoms with Crippen molar-refractivity contribution in [3.05, 3.63) is 40.3 Å². The van der Waals surface area contributed by atoms with Gasteiger partial charge in [-0.2, -0.15) is 0 Å². The molecule has 1 atom stereocenters. The fourth-order valence-electron chi connectivity index (χ4n) is 1.57. The Kier molecular flexibility index (Phi) is 6.69. The second kappa shape index (κ2) is 8.39. The Morgan fingerprint density at radius 2 is 2.11 bits per heavy atom. The van der Waals surface area contributed by atoms with Crippen LogP contribution in [0.25, 0.3) is 10.4 Å². The third-order valence-electron chi connectivity index (χ3n) is 2.54. The number of benzene rings is 1. The number of azide groups is 1. The summed E-state index contributed by atoms with van der Waals surface area (Å²) in [6.45, 7) is 3.18. The van der Waals surface area contributed by atoms with Crippen LogP contribution in [0.5, 0.6) is 5.75 Å². The molecule has 1 unspecified atom stereocenters. The predicted octanol–water partition coefficient (Wildman–Crippen LogP) is 3.60. The van der Waals surface area contributed by atoms with Crippen LogP contribution < -0.4 is 4.74 Å². The van der Waals surface area contributed by atoms with Gasteiger partial charge in [0.2, 0.25) is 0 Å². The molecule has 0 aliphatic rings. The van der Waals surface area contributed by atoms with Crippen LogP contribution in [-0.4, -0.2) is 18.3 Å². The first-order valence-corrected chi connectivity index (χ1v) is 6.19. The molecule has 0 spiro atoms. The molecule has 1 aromatic rings. The van der Waals surface area contributed by atoms with Gasteiger partial charge >= 0.3 is 0 Å². The zero-order valence-electron chi connectivity index (χ0n) is 10.6. The minimum Gasteiger partial charge on any atom is -0.494 e. The number of aliphatic hydroxyl groups is 1. The number of nitrogens with zero attached hydrogens (tertiary/aromatic N) is 3. The molecule has 0 aromatic heterocycles. The molecule has 0 fully saturated rings. The van der Waals surface area contributed by atoms with Gasteiger partial charge in [-0.15, -0.1) is 0 Å². The molecule has 0 aliphatic heterocycles. The minimum atomic E-state index is -0.515. The number of hydrogen-bond acceptors (Lipinski definition) is 3. The molecule has 18 heavy (non-hydrogen) atoms. The van der Waals surface area contributed by atoms with E-state index in [0.717, 1.165) is 17.7 Å². The normalized spacial score (nSPS) is 11.7. The summed E-state index contributed by atoms with van der Waals surface area (Å²) in [6.07, 6.45) is 1.73. The molecule has 0 radical (unpaired) electrons. The Morgan fingerprint density at radius 3 is 2.72 bits per heavy atom. The van der Waals surface area contributed by atoms with E-state index in [9.17, 15) is 5.11 Å². The average Bonchev–Trinajstić information content (AvgIpc) is 2.41. The molecule has 1 N–H and O–H groups in total. The highest BCUT2D eigenvalue weighted by Crippen LogP contribution is 2.21. The van der Waals surface area contributed by atoms with Gasteiger partial charge in [0, 0.05) is 11.5 Å². The summed E-state index contributed by atoms with van der Waals surface area (Å²) in [7, 11) is 0. The maximum Gasteiger partial charge on any atom is 0.119 e. The van der Waals surface area contributed by atoms with Gasteiger partial charge in [0.1, 0.15) is 5.75 Å². The summed E-state index contributed by atoms with van der Waals surface area (Å²) in [4.78, 5) is 2.67. The SMILES string of the molecule is CCCOc1ccc(C(O)CCCN=[N+]=[N-])cc1. The summed E-state index contributed by atoms with van der Waals surface area (Å²) in [5, 5.41) is 13.3. The summed E-state index contributed by atoms with van der Waals surface area (Å²) in [5.41, 5.74) is 8.99. The fourth-order valence-corrected chi connectivity index (χ4v) is 1.57. The second-order valence-corrected chi connectivity index (χ2v) is 4.03. The zero-order chi connectivity index (χ0) is 13.2. The monoisotopic (exact) mass is 249 g/mol. The molecule has 0 heterocycles. The highest BCUT2D eigenvalue weighted by atomic mass is 16.5. The van der Waals surface area contributed by atoms with Crippen LogP contribution >= 0.6 is 0 Å². The van der Waals surface area contributed by atoms with Crippen LogP contribution in [0.15, 0.2) is 29.4 Å². The molecule has 98 valence electrons. The highest BCUT2D eigenvalue weighted by molar-refractivity contribution is 5.28. The lowest BCUT2D eigenvalue weighted by molar-refractivity contribution is 0.165. The van der Waals surface area contributed by atoms with Crippen LogP contribution in [0.2, 0.25) is 0 Å². The van der Waals surface area contributed by atoms with E-state index in [2.05, 4.69) is 16.9 Å². The number of hydrogen-bond donors (Lipinski definition) is 1. The van der Waals surface area contributed by atoms with Crippen molar-refractivity contribution >= 4 is 0 Å². The van der Waals surface area contributed by atoms with Crippen molar-refractivity contribution in [3.63, 3.8) is 0 Å². The van der Waals surface area contributed by atoms with Crippen molar-refractivity contribution in [3.8, 4) is 5.75 Å². The molecular formula is C13H19N3O2. The van der Waals surface area contributed by atoms with Gasteiger partial charge in [-0.05, 0) is 42.5 Å². The molecule has 5 nitrogen and oxygen atoms in total. The lowest BCUT2D eigenvalue weighted by Crippen LogP contribution is -1.99. The first-order valence-electron chi connectivity index (χ1n) is 6.19. The topological polar surface area (TPSA) is 78.2 Å². The van der Waals surface area contributed by atoms with E-state index in [1.807, 2.05) is 24.3 Å². The van der Waals surface area contributed by atoms with Crippen LogP contribution in [0.1, 0.15) is 37.9 Å². The summed E-state index contributed by atoms with van der Waals surface area (Å²) < 4.78 is 5.47. The Hall–Kier alpha value is -1.71. The summed E-state index contributed by atoms with van der Waals surface area (Å²) in [6, 6.07) is 7.45. The van der Waals surface area contributed by atoms with Crippen LogP contribution in [0.3, 0.4) is 0 Å². The number of ether oxygens (including phenoxy) is 1. The summed E-state index contributed by atoms with van der Waals surface area (Å²) >= 11 is 0. The highest BCUT2D eigenvalue weighted by Gasteiger charge is 2.06. The average molecular weight is 249 g/mol. The molecule has 1 aromatic carbocycles. The second-order valence-electron chi connectivity index (χ2n) is 4.03. The maximum atomic E-state index is 9.91. The van der Waals surface area contributed by atoms with E-state index in [1.54, 1.807) is 0 Å². The molecule has 0 bridgehead atoms. The third-order valence-corrected chi connectivity index (χ3v) is 2.54. The minimum absolute atomic E-state index is 0.422. The van der Waals surface area contributed by atoms with Gasteiger partial charge in [0.15, 0.2) is 0 Å². The van der Waals surface area contributed by atoms with Gasteiger partial charge in [-0.25, -0.2) is 0 Å². The lowest BCUT2D eigenvalue weighted by Gasteiger charge is -2.11. The number of aliphatic hydroxyl groups excluding tert-OH is 1. The Balaban J connectivity index is 2.42. The van der Waals surface area contributed by atoms with Crippen molar-refractivity contribution < 1.29 is 9.84 Å². The Morgan fingerprint density at radius 1 is 1.39 bits per heavy atom. The van der Waals surface area contributed by atoms with E-state index >= 15 is 0 Å². The quantitative estimate of drug-likeness (QED) is 0.330. The molecule has 5 heteroatoms. The Bertz CT molecular complexity index is 386. The van der Waals surface area contributed by atoms with Gasteiger partial charge < -0.3 is 9.84 Å².